The molecule has 0 aliphatic carbocycles. The van der Waals surface area contributed by atoms with E-state index in [1.807, 2.05) is 0 Å². The van der Waals surface area contributed by atoms with Crippen LogP contribution in [0.1, 0.15) is 27.2 Å². The van der Waals surface area contributed by atoms with Crippen LogP contribution in [0.25, 0.3) is 0 Å². The Morgan fingerprint density at radius 2 is 1.78 bits per heavy atom. The van der Waals surface area contributed by atoms with Gasteiger partial charge in [-0.05, 0) is 20.8 Å². The van der Waals surface area contributed by atoms with Crippen molar-refractivity contribution in [1.82, 2.24) is 0 Å². The van der Waals surface area contributed by atoms with Gasteiger partial charge in [0.15, 0.2) is 0 Å². The second kappa shape index (κ2) is 4.45. The summed E-state index contributed by atoms with van der Waals surface area (Å²) < 4.78 is 0. The predicted molar refractivity (Wildman–Crippen MR) is 32.6 cm³/mol. The first-order valence-corrected chi connectivity index (χ1v) is 2.82. The Morgan fingerprint density at radius 1 is 1.44 bits per heavy atom. The third-order valence-electron chi connectivity index (χ3n) is 0.795. The number of hydrogen-bond donors (Lipinski definition) is 2. The average Bonchev–Trinajstić information content (AvgIpc) is 1.21. The summed E-state index contributed by atoms with van der Waals surface area (Å²) in [4.78, 5) is 0. The topological polar surface area (TPSA) is 40.5 Å². The van der Waals surface area contributed by atoms with Gasteiger partial charge in [0.1, 0.15) is 0 Å². The van der Waals surface area contributed by atoms with Gasteiger partial charge in [-0.15, -0.1) is 0 Å². The van der Waals surface area contributed by atoms with Crippen LogP contribution in [0, 0.1) is 0 Å². The zero-order chi connectivity index (χ0) is 6.78. The van der Waals surface area contributed by atoms with Crippen LogP contribution in [0.5, 0.6) is 0 Å². The molecular weight excluding hydrogens is 152 g/mol. The van der Waals surface area contributed by atoms with E-state index in [9.17, 15) is 0 Å². The Morgan fingerprint density at radius 3 is 1.78 bits per heavy atom. The molecule has 9 heavy (non-hydrogen) atoms. The van der Waals surface area contributed by atoms with Crippen molar-refractivity contribution in [3.63, 3.8) is 0 Å². The minimum absolute atomic E-state index is 0. The molecule has 1 atom stereocenters. The zero-order valence-corrected chi connectivity index (χ0v) is 7.74. The molecule has 0 rings (SSSR count). The van der Waals surface area contributed by atoms with E-state index >= 15 is 0 Å². The molecule has 0 aliphatic heterocycles. The van der Waals surface area contributed by atoms with Crippen LogP contribution in [0.3, 0.4) is 0 Å². The van der Waals surface area contributed by atoms with Crippen molar-refractivity contribution >= 4 is 0 Å². The fourth-order valence-electron chi connectivity index (χ4n) is 0.723. The molecule has 0 bridgehead atoms. The van der Waals surface area contributed by atoms with Crippen molar-refractivity contribution in [1.29, 1.82) is 0 Å². The van der Waals surface area contributed by atoms with Crippen LogP contribution in [-0.2, 0) is 21.7 Å². The molecule has 0 aliphatic rings. The molecule has 2 nitrogen and oxygen atoms in total. The first kappa shape index (κ1) is 12.3. The van der Waals surface area contributed by atoms with E-state index in [1.165, 1.54) is 0 Å². The molecular formula is C6H14O2Ti+4. The maximum absolute atomic E-state index is 9.03. The monoisotopic (exact) mass is 166 g/mol. The smallest absolute Gasteiger partial charge is 0.393 e. The van der Waals surface area contributed by atoms with Gasteiger partial charge in [0.25, 0.3) is 0 Å². The second-order valence-electron chi connectivity index (χ2n) is 2.87. The van der Waals surface area contributed by atoms with Crippen LogP contribution in [0.15, 0.2) is 0 Å². The Balaban J connectivity index is 0. The summed E-state index contributed by atoms with van der Waals surface area (Å²) in [5.41, 5.74) is -0.728. The minimum atomic E-state index is -0.728. The summed E-state index contributed by atoms with van der Waals surface area (Å²) in [6.45, 7) is 5.03. The van der Waals surface area contributed by atoms with E-state index in [2.05, 4.69) is 0 Å². The Hall–Kier alpha value is 0.634. The average molecular weight is 166 g/mol. The molecule has 0 spiro atoms. The van der Waals surface area contributed by atoms with E-state index in [0.29, 0.717) is 6.42 Å². The van der Waals surface area contributed by atoms with Crippen LogP contribution in [0.2, 0.25) is 0 Å². The summed E-state index contributed by atoms with van der Waals surface area (Å²) in [6.07, 6.45) is 0.0301. The van der Waals surface area contributed by atoms with Gasteiger partial charge in [-0.2, -0.15) is 0 Å². The van der Waals surface area contributed by atoms with E-state index in [-0.39, 0.29) is 21.7 Å². The molecule has 0 saturated carbocycles. The summed E-state index contributed by atoms with van der Waals surface area (Å²) >= 11 is 0. The first-order chi connectivity index (χ1) is 3.42. The number of rotatable bonds is 2. The zero-order valence-electron chi connectivity index (χ0n) is 6.18. The van der Waals surface area contributed by atoms with Gasteiger partial charge in [-0.25, -0.2) is 0 Å². The Kier molecular flexibility index (Phi) is 6.09. The van der Waals surface area contributed by atoms with Crippen molar-refractivity contribution in [2.75, 3.05) is 0 Å². The molecule has 50 valence electrons. The normalized spacial score (nSPS) is 14.3. The van der Waals surface area contributed by atoms with Crippen LogP contribution in [0.4, 0.5) is 0 Å². The SMILES string of the molecule is CC(O)CC(C)(C)O.[Ti+4]. The molecule has 0 aromatic heterocycles. The van der Waals surface area contributed by atoms with Gasteiger partial charge in [0.2, 0.25) is 0 Å². The predicted octanol–water partition coefficient (Wildman–Crippen LogP) is 0.526. The number of hydrogen-bond acceptors (Lipinski definition) is 2. The van der Waals surface area contributed by atoms with Crippen LogP contribution >= 0.6 is 0 Å². The minimum Gasteiger partial charge on any atom is -0.393 e. The molecule has 0 aromatic rings. The van der Waals surface area contributed by atoms with Crippen LogP contribution in [-0.4, -0.2) is 21.9 Å². The molecule has 0 amide bonds. The van der Waals surface area contributed by atoms with Crippen molar-refractivity contribution in [2.24, 2.45) is 0 Å². The summed E-state index contributed by atoms with van der Waals surface area (Å²) in [5, 5.41) is 17.8. The van der Waals surface area contributed by atoms with Crippen LogP contribution < -0.4 is 0 Å². The van der Waals surface area contributed by atoms with Crippen molar-refractivity contribution in [2.45, 2.75) is 38.9 Å². The summed E-state index contributed by atoms with van der Waals surface area (Å²) in [7, 11) is 0. The van der Waals surface area contributed by atoms with E-state index in [4.69, 9.17) is 10.2 Å². The number of aliphatic hydroxyl groups is 2. The molecule has 0 aromatic carbocycles. The van der Waals surface area contributed by atoms with Crippen molar-refractivity contribution in [3.8, 4) is 0 Å². The molecule has 0 radical (unpaired) electrons. The van der Waals surface area contributed by atoms with E-state index in [1.54, 1.807) is 20.8 Å². The van der Waals surface area contributed by atoms with Gasteiger partial charge >= 0.3 is 21.7 Å². The van der Waals surface area contributed by atoms with Gasteiger partial charge < -0.3 is 10.2 Å². The molecule has 2 N–H and O–H groups in total. The third kappa shape index (κ3) is 12.0. The largest absolute Gasteiger partial charge is 4.00 e. The summed E-state index contributed by atoms with van der Waals surface area (Å²) in [6, 6.07) is 0. The van der Waals surface area contributed by atoms with Crippen molar-refractivity contribution in [3.05, 3.63) is 0 Å². The molecule has 3 heteroatoms. The molecule has 0 fully saturated rings. The van der Waals surface area contributed by atoms with Gasteiger partial charge in [0.05, 0.1) is 11.7 Å². The van der Waals surface area contributed by atoms with E-state index < -0.39 is 11.7 Å². The maximum Gasteiger partial charge on any atom is 4.00 e. The fraction of sp³-hybridized carbons (Fsp3) is 1.00. The van der Waals surface area contributed by atoms with Crippen molar-refractivity contribution < 1.29 is 31.9 Å². The summed E-state index contributed by atoms with van der Waals surface area (Å²) in [5.74, 6) is 0. The Labute approximate surface area is 71.2 Å². The standard InChI is InChI=1S/C6H14O2.Ti/c1-5(7)4-6(2,3)8;/h5,7-8H,4H2,1-3H3;/q;+4. The second-order valence-corrected chi connectivity index (χ2v) is 2.87. The van der Waals surface area contributed by atoms with Gasteiger partial charge in [0, 0.05) is 6.42 Å². The first-order valence-electron chi connectivity index (χ1n) is 2.82. The van der Waals surface area contributed by atoms with E-state index in [0.717, 1.165) is 0 Å². The van der Waals surface area contributed by atoms with Gasteiger partial charge in [-0.3, -0.25) is 0 Å². The van der Waals surface area contributed by atoms with Gasteiger partial charge in [-0.1, -0.05) is 0 Å². The molecule has 0 saturated heterocycles. The quantitative estimate of drug-likeness (QED) is 0.587. The number of aliphatic hydroxyl groups excluding tert-OH is 1. The molecule has 1 unspecified atom stereocenters. The maximum atomic E-state index is 9.03. The third-order valence-corrected chi connectivity index (χ3v) is 0.795. The fourth-order valence-corrected chi connectivity index (χ4v) is 0.723. The Bertz CT molecular complexity index is 65.9. The molecule has 0 heterocycles.